The molecule has 0 saturated heterocycles. The quantitative estimate of drug-likeness (QED) is 0.813. The summed E-state index contributed by atoms with van der Waals surface area (Å²) in [6.45, 7) is 4.33. The fourth-order valence-corrected chi connectivity index (χ4v) is 1.46. The minimum Gasteiger partial charge on any atom is -0.461 e. The molecule has 8 heteroatoms. The Morgan fingerprint density at radius 2 is 2.16 bits per heavy atom. The molecule has 2 rings (SSSR count). The number of nitrogen functional groups attached to an aromatic ring is 1. The largest absolute Gasteiger partial charge is 0.461 e. The van der Waals surface area contributed by atoms with Crippen LogP contribution >= 0.6 is 0 Å². The fourth-order valence-electron chi connectivity index (χ4n) is 1.46. The van der Waals surface area contributed by atoms with Crippen molar-refractivity contribution in [2.45, 2.75) is 26.5 Å². The molecule has 0 amide bonds. The molecule has 0 atom stereocenters. The van der Waals surface area contributed by atoms with E-state index in [1.807, 2.05) is 27.0 Å². The number of aromatic nitrogens is 5. The number of hydrogen-bond donors (Lipinski definition) is 2. The first-order chi connectivity index (χ1) is 9.04. The summed E-state index contributed by atoms with van der Waals surface area (Å²) in [6, 6.07) is 2.12. The molecule has 0 spiro atoms. The van der Waals surface area contributed by atoms with Gasteiger partial charge in [0.15, 0.2) is 0 Å². The molecule has 0 fully saturated rings. The van der Waals surface area contributed by atoms with Crippen LogP contribution in [0.1, 0.15) is 19.5 Å². The van der Waals surface area contributed by atoms with Gasteiger partial charge in [-0.05, 0) is 19.9 Å². The molecule has 3 N–H and O–H groups in total. The van der Waals surface area contributed by atoms with Crippen molar-refractivity contribution in [3.8, 4) is 6.01 Å². The summed E-state index contributed by atoms with van der Waals surface area (Å²) in [5.74, 6) is 0.502. The maximum absolute atomic E-state index is 5.61. The molecule has 0 aliphatic carbocycles. The zero-order valence-electron chi connectivity index (χ0n) is 11.2. The van der Waals surface area contributed by atoms with Gasteiger partial charge in [-0.15, -0.1) is 0 Å². The SMILES string of the molecule is CC(C)Oc1nc(N)nc(NCc2ccnn2C)n1. The highest BCUT2D eigenvalue weighted by Crippen LogP contribution is 2.11. The van der Waals surface area contributed by atoms with Gasteiger partial charge in [0.1, 0.15) is 0 Å². The molecule has 0 aliphatic heterocycles. The number of nitrogens with zero attached hydrogens (tertiary/aromatic N) is 5. The first-order valence-corrected chi connectivity index (χ1v) is 5.93. The highest BCUT2D eigenvalue weighted by molar-refractivity contribution is 5.33. The Morgan fingerprint density at radius 1 is 1.37 bits per heavy atom. The van der Waals surface area contributed by atoms with Gasteiger partial charge in [0.05, 0.1) is 18.3 Å². The number of anilines is 2. The highest BCUT2D eigenvalue weighted by Gasteiger charge is 2.07. The third-order valence-electron chi connectivity index (χ3n) is 2.32. The predicted molar refractivity (Wildman–Crippen MR) is 70.5 cm³/mol. The molecule has 0 aliphatic rings. The summed E-state index contributed by atoms with van der Waals surface area (Å²) in [5.41, 5.74) is 6.62. The minimum absolute atomic E-state index is 0.0216. The number of hydrogen-bond acceptors (Lipinski definition) is 7. The van der Waals surface area contributed by atoms with Crippen LogP contribution in [0, 0.1) is 0 Å². The second-order valence-electron chi connectivity index (χ2n) is 4.27. The van der Waals surface area contributed by atoms with E-state index in [1.54, 1.807) is 10.9 Å². The molecule has 0 saturated carbocycles. The highest BCUT2D eigenvalue weighted by atomic mass is 16.5. The number of nitrogens with one attached hydrogen (secondary N) is 1. The van der Waals surface area contributed by atoms with E-state index in [9.17, 15) is 0 Å². The van der Waals surface area contributed by atoms with Crippen molar-refractivity contribution >= 4 is 11.9 Å². The van der Waals surface area contributed by atoms with Gasteiger partial charge in [0, 0.05) is 13.2 Å². The zero-order valence-corrected chi connectivity index (χ0v) is 11.2. The van der Waals surface area contributed by atoms with Crippen LogP contribution in [-0.4, -0.2) is 30.8 Å². The summed E-state index contributed by atoms with van der Waals surface area (Å²) in [5, 5.41) is 7.14. The summed E-state index contributed by atoms with van der Waals surface area (Å²) in [6.07, 6.45) is 1.71. The van der Waals surface area contributed by atoms with Crippen LogP contribution in [0.4, 0.5) is 11.9 Å². The lowest BCUT2D eigenvalue weighted by molar-refractivity contribution is 0.222. The van der Waals surface area contributed by atoms with Crippen LogP contribution in [0.3, 0.4) is 0 Å². The van der Waals surface area contributed by atoms with Gasteiger partial charge in [0.25, 0.3) is 0 Å². The van der Waals surface area contributed by atoms with Crippen molar-refractivity contribution in [1.29, 1.82) is 0 Å². The van der Waals surface area contributed by atoms with E-state index in [2.05, 4.69) is 25.4 Å². The van der Waals surface area contributed by atoms with Crippen LogP contribution in [0.25, 0.3) is 0 Å². The maximum atomic E-state index is 5.61. The molecule has 0 aromatic carbocycles. The van der Waals surface area contributed by atoms with E-state index in [-0.39, 0.29) is 18.1 Å². The third kappa shape index (κ3) is 3.54. The summed E-state index contributed by atoms with van der Waals surface area (Å²) in [4.78, 5) is 12.1. The molecule has 102 valence electrons. The van der Waals surface area contributed by atoms with Crippen molar-refractivity contribution in [2.75, 3.05) is 11.1 Å². The van der Waals surface area contributed by atoms with E-state index < -0.39 is 0 Å². The van der Waals surface area contributed by atoms with E-state index in [0.717, 1.165) is 5.69 Å². The summed E-state index contributed by atoms with van der Waals surface area (Å²) < 4.78 is 7.16. The fraction of sp³-hybridized carbons (Fsp3) is 0.455. The van der Waals surface area contributed by atoms with E-state index in [4.69, 9.17) is 10.5 Å². The first-order valence-electron chi connectivity index (χ1n) is 5.93. The number of aryl methyl sites for hydroxylation is 1. The minimum atomic E-state index is -0.0216. The van der Waals surface area contributed by atoms with Gasteiger partial charge in [0.2, 0.25) is 11.9 Å². The van der Waals surface area contributed by atoms with Gasteiger partial charge in [-0.1, -0.05) is 0 Å². The first kappa shape index (κ1) is 13.1. The van der Waals surface area contributed by atoms with Gasteiger partial charge in [-0.25, -0.2) is 0 Å². The van der Waals surface area contributed by atoms with Crippen molar-refractivity contribution < 1.29 is 4.74 Å². The van der Waals surface area contributed by atoms with E-state index in [1.165, 1.54) is 0 Å². The Morgan fingerprint density at radius 3 is 2.79 bits per heavy atom. The molecule has 0 bridgehead atoms. The lowest BCUT2D eigenvalue weighted by atomic mass is 10.4. The maximum Gasteiger partial charge on any atom is 0.323 e. The van der Waals surface area contributed by atoms with Crippen molar-refractivity contribution in [3.63, 3.8) is 0 Å². The molecule has 19 heavy (non-hydrogen) atoms. The van der Waals surface area contributed by atoms with Gasteiger partial charge in [-0.3, -0.25) is 4.68 Å². The number of rotatable bonds is 5. The van der Waals surface area contributed by atoms with Crippen molar-refractivity contribution in [2.24, 2.45) is 7.05 Å². The van der Waals surface area contributed by atoms with Gasteiger partial charge < -0.3 is 15.8 Å². The van der Waals surface area contributed by atoms with Crippen LogP contribution < -0.4 is 15.8 Å². The van der Waals surface area contributed by atoms with Crippen LogP contribution in [-0.2, 0) is 13.6 Å². The Kier molecular flexibility index (Phi) is 3.79. The standard InChI is InChI=1S/C11H17N7O/c1-7(2)19-11-16-9(12)15-10(17-11)13-6-8-4-5-14-18(8)3/h4-5,7H,6H2,1-3H3,(H3,12,13,15,16,17). The molecule has 2 aromatic heterocycles. The van der Waals surface area contributed by atoms with Crippen LogP contribution in [0.15, 0.2) is 12.3 Å². The molecule has 2 aromatic rings. The van der Waals surface area contributed by atoms with Crippen molar-refractivity contribution in [1.82, 2.24) is 24.7 Å². The second kappa shape index (κ2) is 5.51. The monoisotopic (exact) mass is 263 g/mol. The molecule has 0 unspecified atom stereocenters. The molecular formula is C11H17N7O. The predicted octanol–water partition coefficient (Wildman–Crippen LogP) is 0.587. The lowest BCUT2D eigenvalue weighted by Crippen LogP contribution is -2.13. The lowest BCUT2D eigenvalue weighted by Gasteiger charge is -2.10. The molecule has 0 radical (unpaired) electrons. The van der Waals surface area contributed by atoms with Crippen LogP contribution in [0.2, 0.25) is 0 Å². The average Bonchev–Trinajstić information content (AvgIpc) is 2.70. The second-order valence-corrected chi connectivity index (χ2v) is 4.27. The Balaban J connectivity index is 2.07. The molecule has 8 nitrogen and oxygen atoms in total. The zero-order chi connectivity index (χ0) is 13.8. The third-order valence-corrected chi connectivity index (χ3v) is 2.32. The van der Waals surface area contributed by atoms with Crippen LogP contribution in [0.5, 0.6) is 6.01 Å². The molecule has 2 heterocycles. The smallest absolute Gasteiger partial charge is 0.323 e. The topological polar surface area (TPSA) is 104 Å². The average molecular weight is 263 g/mol. The Hall–Kier alpha value is -2.38. The Labute approximate surface area is 111 Å². The Bertz CT molecular complexity index is 552. The van der Waals surface area contributed by atoms with E-state index in [0.29, 0.717) is 12.5 Å². The number of nitrogens with two attached hydrogens (primary N) is 1. The normalized spacial score (nSPS) is 10.7. The number of ether oxygens (including phenoxy) is 1. The van der Waals surface area contributed by atoms with E-state index >= 15 is 0 Å². The van der Waals surface area contributed by atoms with Gasteiger partial charge in [-0.2, -0.15) is 20.1 Å². The van der Waals surface area contributed by atoms with Crippen molar-refractivity contribution in [3.05, 3.63) is 18.0 Å². The summed E-state index contributed by atoms with van der Waals surface area (Å²) >= 11 is 0. The molecular weight excluding hydrogens is 246 g/mol. The summed E-state index contributed by atoms with van der Waals surface area (Å²) in [7, 11) is 1.87. The van der Waals surface area contributed by atoms with Gasteiger partial charge >= 0.3 is 6.01 Å².